The summed E-state index contributed by atoms with van der Waals surface area (Å²) in [6, 6.07) is 4.50. The van der Waals surface area contributed by atoms with E-state index in [1.54, 1.807) is 12.1 Å². The molecule has 18 heavy (non-hydrogen) atoms. The SMILES string of the molecule is C[C@@H]([N+](=O)[O-])[C@@]1(O)CC(=O)c2ccccc2C1=O. The molecule has 1 N–H and O–H groups in total. The Morgan fingerprint density at radius 2 is 1.89 bits per heavy atom. The minimum Gasteiger partial charge on any atom is -0.375 e. The normalized spacial score (nSPS) is 24.6. The molecule has 0 unspecified atom stereocenters. The zero-order valence-corrected chi connectivity index (χ0v) is 9.62. The average molecular weight is 249 g/mol. The molecule has 0 heterocycles. The van der Waals surface area contributed by atoms with Crippen LogP contribution in [0.25, 0.3) is 0 Å². The van der Waals surface area contributed by atoms with Crippen LogP contribution in [0.3, 0.4) is 0 Å². The third-order valence-corrected chi connectivity index (χ3v) is 3.30. The van der Waals surface area contributed by atoms with Gasteiger partial charge >= 0.3 is 0 Å². The van der Waals surface area contributed by atoms with Crippen LogP contribution in [0.15, 0.2) is 24.3 Å². The first-order chi connectivity index (χ1) is 8.38. The largest absolute Gasteiger partial charge is 0.375 e. The zero-order chi connectivity index (χ0) is 13.5. The van der Waals surface area contributed by atoms with Crippen LogP contribution in [0.4, 0.5) is 0 Å². The van der Waals surface area contributed by atoms with Crippen molar-refractivity contribution in [1.82, 2.24) is 0 Å². The number of carbonyl (C=O) groups is 2. The van der Waals surface area contributed by atoms with E-state index in [4.69, 9.17) is 0 Å². The number of nitro groups is 1. The fourth-order valence-corrected chi connectivity index (χ4v) is 2.09. The van der Waals surface area contributed by atoms with Crippen molar-refractivity contribution in [1.29, 1.82) is 0 Å². The zero-order valence-electron chi connectivity index (χ0n) is 9.62. The minimum absolute atomic E-state index is 0.0463. The highest BCUT2D eigenvalue weighted by molar-refractivity contribution is 6.18. The molecule has 0 aromatic heterocycles. The third kappa shape index (κ3) is 1.62. The molecule has 1 aliphatic rings. The highest BCUT2D eigenvalue weighted by Gasteiger charge is 2.53. The van der Waals surface area contributed by atoms with Crippen molar-refractivity contribution in [2.24, 2.45) is 0 Å². The summed E-state index contributed by atoms with van der Waals surface area (Å²) < 4.78 is 0. The van der Waals surface area contributed by atoms with Crippen molar-refractivity contribution in [3.63, 3.8) is 0 Å². The molecular weight excluding hydrogens is 238 g/mol. The number of Topliss-reactive ketones (excluding diaryl/α,β-unsaturated/α-hetero) is 2. The van der Waals surface area contributed by atoms with Crippen molar-refractivity contribution in [3.05, 3.63) is 45.5 Å². The lowest BCUT2D eigenvalue weighted by Gasteiger charge is -2.31. The molecule has 0 radical (unpaired) electrons. The monoisotopic (exact) mass is 249 g/mol. The summed E-state index contributed by atoms with van der Waals surface area (Å²) in [5, 5.41) is 20.9. The summed E-state index contributed by atoms with van der Waals surface area (Å²) >= 11 is 0. The second-order valence-corrected chi connectivity index (χ2v) is 4.36. The van der Waals surface area contributed by atoms with Crippen molar-refractivity contribution < 1.29 is 19.6 Å². The number of aliphatic hydroxyl groups is 1. The summed E-state index contributed by atoms with van der Waals surface area (Å²) in [5.74, 6) is -1.22. The first-order valence-electron chi connectivity index (χ1n) is 5.41. The van der Waals surface area contributed by atoms with Gasteiger partial charge < -0.3 is 5.11 Å². The molecule has 6 heteroatoms. The number of fused-ring (bicyclic) bond motifs is 1. The van der Waals surface area contributed by atoms with Crippen LogP contribution in [-0.2, 0) is 0 Å². The highest BCUT2D eigenvalue weighted by atomic mass is 16.6. The van der Waals surface area contributed by atoms with Gasteiger partial charge in [-0.25, -0.2) is 0 Å². The van der Waals surface area contributed by atoms with Crippen molar-refractivity contribution in [2.45, 2.75) is 25.0 Å². The smallest absolute Gasteiger partial charge is 0.246 e. The summed E-state index contributed by atoms with van der Waals surface area (Å²) in [7, 11) is 0. The Morgan fingerprint density at radius 1 is 1.33 bits per heavy atom. The van der Waals surface area contributed by atoms with E-state index >= 15 is 0 Å². The predicted molar refractivity (Wildman–Crippen MR) is 61.1 cm³/mol. The maximum absolute atomic E-state index is 12.1. The summed E-state index contributed by atoms with van der Waals surface area (Å²) in [6.07, 6.45) is -0.551. The van der Waals surface area contributed by atoms with Gasteiger partial charge in [-0.2, -0.15) is 0 Å². The first-order valence-corrected chi connectivity index (χ1v) is 5.41. The molecule has 94 valence electrons. The number of carbonyl (C=O) groups excluding carboxylic acids is 2. The number of benzene rings is 1. The Balaban J connectivity index is 2.55. The van der Waals surface area contributed by atoms with Gasteiger partial charge in [0.25, 0.3) is 0 Å². The number of hydrogen-bond donors (Lipinski definition) is 1. The Morgan fingerprint density at radius 3 is 2.44 bits per heavy atom. The topological polar surface area (TPSA) is 97.5 Å². The van der Waals surface area contributed by atoms with E-state index < -0.39 is 34.6 Å². The summed E-state index contributed by atoms with van der Waals surface area (Å²) in [4.78, 5) is 34.0. The molecule has 6 nitrogen and oxygen atoms in total. The van der Waals surface area contributed by atoms with Crippen molar-refractivity contribution in [2.75, 3.05) is 0 Å². The van der Waals surface area contributed by atoms with Gasteiger partial charge in [-0.05, 0) is 0 Å². The van der Waals surface area contributed by atoms with Crippen LogP contribution in [0.2, 0.25) is 0 Å². The van der Waals surface area contributed by atoms with E-state index in [2.05, 4.69) is 0 Å². The third-order valence-electron chi connectivity index (χ3n) is 3.30. The Bertz CT molecular complexity index is 553. The summed E-state index contributed by atoms with van der Waals surface area (Å²) in [5.41, 5.74) is -2.00. The lowest BCUT2D eigenvalue weighted by atomic mass is 9.75. The van der Waals surface area contributed by atoms with Crippen LogP contribution in [-0.4, -0.2) is 33.2 Å². The van der Waals surface area contributed by atoms with E-state index in [0.717, 1.165) is 6.92 Å². The van der Waals surface area contributed by atoms with Crippen molar-refractivity contribution >= 4 is 11.6 Å². The van der Waals surface area contributed by atoms with Crippen LogP contribution in [0, 0.1) is 10.1 Å². The van der Waals surface area contributed by atoms with Gasteiger partial charge in [-0.15, -0.1) is 0 Å². The fourth-order valence-electron chi connectivity index (χ4n) is 2.09. The standard InChI is InChI=1S/C12H11NO5/c1-7(13(17)18)12(16)6-10(14)8-4-2-3-5-9(8)11(12)15/h2-5,7,16H,6H2,1H3/t7-,12+/m1/s1. The molecule has 1 aliphatic carbocycles. The molecule has 0 amide bonds. The first kappa shape index (κ1) is 12.4. The number of ketones is 2. The molecule has 2 rings (SSSR count). The number of nitrogens with zero attached hydrogens (tertiary/aromatic N) is 1. The maximum Gasteiger partial charge on any atom is 0.246 e. The lowest BCUT2D eigenvalue weighted by Crippen LogP contribution is -2.55. The lowest BCUT2D eigenvalue weighted by molar-refractivity contribution is -0.535. The number of hydrogen-bond acceptors (Lipinski definition) is 5. The van der Waals surface area contributed by atoms with Gasteiger partial charge in [0.1, 0.15) is 0 Å². The minimum atomic E-state index is -2.26. The fraction of sp³-hybridized carbons (Fsp3) is 0.333. The Labute approximate surface area is 102 Å². The van der Waals surface area contributed by atoms with Gasteiger partial charge in [0.15, 0.2) is 5.78 Å². The quantitative estimate of drug-likeness (QED) is 0.619. The second-order valence-electron chi connectivity index (χ2n) is 4.36. The molecule has 0 spiro atoms. The summed E-state index contributed by atoms with van der Waals surface area (Å²) in [6.45, 7) is 1.12. The molecule has 2 atom stereocenters. The van der Waals surface area contributed by atoms with Gasteiger partial charge in [-0.3, -0.25) is 19.7 Å². The highest BCUT2D eigenvalue weighted by Crippen LogP contribution is 2.32. The van der Waals surface area contributed by atoms with Crippen LogP contribution >= 0.6 is 0 Å². The molecule has 0 fully saturated rings. The molecule has 0 saturated heterocycles. The predicted octanol–water partition coefficient (Wildman–Crippen LogP) is 0.852. The van der Waals surface area contributed by atoms with Gasteiger partial charge in [0.2, 0.25) is 17.4 Å². The molecule has 0 bridgehead atoms. The van der Waals surface area contributed by atoms with Crippen LogP contribution in [0.1, 0.15) is 34.1 Å². The van der Waals surface area contributed by atoms with E-state index in [1.165, 1.54) is 12.1 Å². The molecule has 0 aliphatic heterocycles. The van der Waals surface area contributed by atoms with Crippen LogP contribution in [0.5, 0.6) is 0 Å². The second kappa shape index (κ2) is 3.99. The van der Waals surface area contributed by atoms with Crippen LogP contribution < -0.4 is 0 Å². The van der Waals surface area contributed by atoms with E-state index in [9.17, 15) is 24.8 Å². The molecule has 1 aromatic carbocycles. The van der Waals surface area contributed by atoms with Gasteiger partial charge in [0.05, 0.1) is 6.42 Å². The Kier molecular flexibility index (Phi) is 2.74. The molecular formula is C12H11NO5. The number of rotatable bonds is 2. The Hall–Kier alpha value is -2.08. The van der Waals surface area contributed by atoms with Gasteiger partial charge in [0, 0.05) is 23.0 Å². The van der Waals surface area contributed by atoms with E-state index in [1.807, 2.05) is 0 Å². The average Bonchev–Trinajstić information content (AvgIpc) is 2.35. The molecule has 1 aromatic rings. The molecule has 0 saturated carbocycles. The van der Waals surface area contributed by atoms with E-state index in [0.29, 0.717) is 0 Å². The van der Waals surface area contributed by atoms with Crippen molar-refractivity contribution in [3.8, 4) is 0 Å². The maximum atomic E-state index is 12.1. The van der Waals surface area contributed by atoms with Gasteiger partial charge in [-0.1, -0.05) is 24.3 Å². The van der Waals surface area contributed by atoms with E-state index in [-0.39, 0.29) is 11.1 Å².